The lowest BCUT2D eigenvalue weighted by atomic mass is 10.2. The van der Waals surface area contributed by atoms with Gasteiger partial charge in [-0.3, -0.25) is 4.99 Å². The Labute approximate surface area is 115 Å². The maximum atomic E-state index is 13.3. The average Bonchev–Trinajstić information content (AvgIpc) is 2.36. The van der Waals surface area contributed by atoms with Crippen molar-refractivity contribution in [1.29, 1.82) is 0 Å². The minimum absolute atomic E-state index is 0.109. The number of phenols is 1. The number of hydrogen-bond donors (Lipinski definition) is 1. The number of aliphatic imine (C=N–C) groups is 1. The highest BCUT2D eigenvalue weighted by Gasteiger charge is 2.08. The molecule has 0 fully saturated rings. The highest BCUT2D eigenvalue weighted by Crippen LogP contribution is 2.29. The molecule has 2 nitrogen and oxygen atoms in total. The molecule has 0 heterocycles. The molecule has 0 aromatic heterocycles. The third-order valence-corrected chi connectivity index (χ3v) is 2.81. The summed E-state index contributed by atoms with van der Waals surface area (Å²) in [6.45, 7) is 0. The Balaban J connectivity index is 2.38. The van der Waals surface area contributed by atoms with Crippen LogP contribution in [0.2, 0.25) is 0 Å². The van der Waals surface area contributed by atoms with Gasteiger partial charge in [-0.15, -0.1) is 0 Å². The normalized spacial score (nSPS) is 11.2. The second-order valence-electron chi connectivity index (χ2n) is 3.68. The summed E-state index contributed by atoms with van der Waals surface area (Å²) < 4.78 is 39.7. The molecule has 0 amide bonds. The van der Waals surface area contributed by atoms with Crippen LogP contribution in [0.25, 0.3) is 0 Å². The molecule has 98 valence electrons. The highest BCUT2D eigenvalue weighted by atomic mass is 79.9. The van der Waals surface area contributed by atoms with Gasteiger partial charge in [-0.2, -0.15) is 0 Å². The summed E-state index contributed by atoms with van der Waals surface area (Å²) in [7, 11) is 0. The number of phenolic OH excluding ortho intramolecular Hbond substituents is 1. The van der Waals surface area contributed by atoms with Gasteiger partial charge < -0.3 is 5.11 Å². The fraction of sp³-hybridized carbons (Fsp3) is 0. The third-order valence-electron chi connectivity index (χ3n) is 2.32. The standard InChI is InChI=1S/C13H7BrF3NO/c14-8-1-2-13(19)12(4-8)18-6-7-3-10(16)11(17)5-9(7)15/h1-6,19H/b18-6+. The van der Waals surface area contributed by atoms with Crippen molar-refractivity contribution in [2.75, 3.05) is 0 Å². The van der Waals surface area contributed by atoms with Crippen LogP contribution < -0.4 is 0 Å². The molecule has 6 heteroatoms. The Morgan fingerprint density at radius 2 is 1.68 bits per heavy atom. The van der Waals surface area contributed by atoms with E-state index in [0.717, 1.165) is 6.21 Å². The minimum Gasteiger partial charge on any atom is -0.506 e. The van der Waals surface area contributed by atoms with Crippen LogP contribution in [-0.4, -0.2) is 11.3 Å². The van der Waals surface area contributed by atoms with E-state index in [1.54, 1.807) is 6.07 Å². The summed E-state index contributed by atoms with van der Waals surface area (Å²) in [5, 5.41) is 9.52. The molecule has 2 aromatic rings. The van der Waals surface area contributed by atoms with Gasteiger partial charge in [-0.25, -0.2) is 13.2 Å². The van der Waals surface area contributed by atoms with Crippen molar-refractivity contribution in [3.8, 4) is 5.75 Å². The fourth-order valence-electron chi connectivity index (χ4n) is 1.38. The molecule has 2 rings (SSSR count). The predicted octanol–water partition coefficient (Wildman–Crippen LogP) is 4.32. The quantitative estimate of drug-likeness (QED) is 0.645. The third kappa shape index (κ3) is 3.14. The van der Waals surface area contributed by atoms with Gasteiger partial charge in [0, 0.05) is 22.3 Å². The topological polar surface area (TPSA) is 32.6 Å². The van der Waals surface area contributed by atoms with Gasteiger partial charge in [0.15, 0.2) is 11.6 Å². The molecule has 0 saturated heterocycles. The fourth-order valence-corrected chi connectivity index (χ4v) is 1.72. The Morgan fingerprint density at radius 1 is 1.00 bits per heavy atom. The molecule has 0 aliphatic rings. The number of aromatic hydroxyl groups is 1. The molecular formula is C13H7BrF3NO. The van der Waals surface area contributed by atoms with E-state index in [0.29, 0.717) is 16.6 Å². The second-order valence-corrected chi connectivity index (χ2v) is 4.59. The first kappa shape index (κ1) is 13.6. The van der Waals surface area contributed by atoms with Crippen LogP contribution in [0.1, 0.15) is 5.56 Å². The van der Waals surface area contributed by atoms with E-state index >= 15 is 0 Å². The van der Waals surface area contributed by atoms with Gasteiger partial charge in [-0.05, 0) is 24.3 Å². The van der Waals surface area contributed by atoms with Crippen molar-refractivity contribution in [2.24, 2.45) is 4.99 Å². The van der Waals surface area contributed by atoms with E-state index in [2.05, 4.69) is 20.9 Å². The van der Waals surface area contributed by atoms with Gasteiger partial charge in [0.05, 0.1) is 0 Å². The lowest BCUT2D eigenvalue weighted by molar-refractivity contribution is 0.477. The first-order chi connectivity index (χ1) is 8.97. The van der Waals surface area contributed by atoms with Crippen molar-refractivity contribution in [1.82, 2.24) is 0 Å². The average molecular weight is 330 g/mol. The lowest BCUT2D eigenvalue weighted by Crippen LogP contribution is -1.93. The summed E-state index contributed by atoms with van der Waals surface area (Å²) in [5.41, 5.74) is -0.0308. The van der Waals surface area contributed by atoms with Gasteiger partial charge in [-0.1, -0.05) is 15.9 Å². The predicted molar refractivity (Wildman–Crippen MR) is 69.4 cm³/mol. The molecule has 0 spiro atoms. The van der Waals surface area contributed by atoms with E-state index in [4.69, 9.17) is 0 Å². The monoisotopic (exact) mass is 329 g/mol. The van der Waals surface area contributed by atoms with E-state index in [9.17, 15) is 18.3 Å². The highest BCUT2D eigenvalue weighted by molar-refractivity contribution is 9.10. The Bertz CT molecular complexity index is 659. The first-order valence-electron chi connectivity index (χ1n) is 5.14. The largest absolute Gasteiger partial charge is 0.506 e. The Kier molecular flexibility index (Phi) is 3.90. The zero-order valence-electron chi connectivity index (χ0n) is 9.37. The lowest BCUT2D eigenvalue weighted by Gasteiger charge is -2.01. The van der Waals surface area contributed by atoms with Crippen LogP contribution in [0.15, 0.2) is 39.8 Å². The van der Waals surface area contributed by atoms with Crippen molar-refractivity contribution in [3.05, 3.63) is 57.8 Å². The van der Waals surface area contributed by atoms with Crippen molar-refractivity contribution < 1.29 is 18.3 Å². The van der Waals surface area contributed by atoms with E-state index < -0.39 is 17.5 Å². The van der Waals surface area contributed by atoms with E-state index in [1.165, 1.54) is 12.1 Å². The summed E-state index contributed by atoms with van der Waals surface area (Å²) >= 11 is 3.19. The summed E-state index contributed by atoms with van der Waals surface area (Å²) in [6, 6.07) is 5.65. The second kappa shape index (κ2) is 5.44. The number of rotatable bonds is 2. The molecule has 0 saturated carbocycles. The molecular weight excluding hydrogens is 323 g/mol. The van der Waals surface area contributed by atoms with Crippen LogP contribution in [0, 0.1) is 17.5 Å². The van der Waals surface area contributed by atoms with Crippen LogP contribution in [0.5, 0.6) is 5.75 Å². The van der Waals surface area contributed by atoms with Gasteiger partial charge in [0.25, 0.3) is 0 Å². The molecule has 2 aromatic carbocycles. The van der Waals surface area contributed by atoms with Crippen LogP contribution in [-0.2, 0) is 0 Å². The van der Waals surface area contributed by atoms with Crippen molar-refractivity contribution in [3.63, 3.8) is 0 Å². The number of halogens is 4. The summed E-state index contributed by atoms with van der Waals surface area (Å²) in [6.07, 6.45) is 1.01. The number of hydrogen-bond acceptors (Lipinski definition) is 2. The van der Waals surface area contributed by atoms with Gasteiger partial charge in [0.1, 0.15) is 17.3 Å². The van der Waals surface area contributed by atoms with Crippen LogP contribution >= 0.6 is 15.9 Å². The van der Waals surface area contributed by atoms with Crippen molar-refractivity contribution >= 4 is 27.8 Å². The zero-order valence-corrected chi connectivity index (χ0v) is 11.0. The minimum atomic E-state index is -1.26. The number of benzene rings is 2. The summed E-state index contributed by atoms with van der Waals surface area (Å²) in [5.74, 6) is -3.47. The molecule has 0 atom stereocenters. The first-order valence-corrected chi connectivity index (χ1v) is 5.94. The molecule has 0 unspecified atom stereocenters. The molecule has 0 aliphatic heterocycles. The molecule has 0 bridgehead atoms. The van der Waals surface area contributed by atoms with Crippen molar-refractivity contribution in [2.45, 2.75) is 0 Å². The Hall–Kier alpha value is -1.82. The van der Waals surface area contributed by atoms with Gasteiger partial charge >= 0.3 is 0 Å². The maximum absolute atomic E-state index is 13.3. The maximum Gasteiger partial charge on any atom is 0.161 e. The van der Waals surface area contributed by atoms with Crippen LogP contribution in [0.4, 0.5) is 18.9 Å². The molecule has 0 radical (unpaired) electrons. The van der Waals surface area contributed by atoms with E-state index in [1.807, 2.05) is 0 Å². The van der Waals surface area contributed by atoms with E-state index in [-0.39, 0.29) is 17.0 Å². The smallest absolute Gasteiger partial charge is 0.161 e. The van der Waals surface area contributed by atoms with Gasteiger partial charge in [0.2, 0.25) is 0 Å². The zero-order chi connectivity index (χ0) is 14.0. The Morgan fingerprint density at radius 3 is 2.42 bits per heavy atom. The molecule has 19 heavy (non-hydrogen) atoms. The summed E-state index contributed by atoms with van der Waals surface area (Å²) in [4.78, 5) is 3.83. The molecule has 0 aliphatic carbocycles. The SMILES string of the molecule is Oc1ccc(Br)cc1/N=C/c1cc(F)c(F)cc1F. The van der Waals surface area contributed by atoms with Crippen LogP contribution in [0.3, 0.4) is 0 Å². The number of nitrogens with zero attached hydrogens (tertiary/aromatic N) is 1. The molecule has 1 N–H and O–H groups in total.